The molecule has 2 aromatic rings. The van der Waals surface area contributed by atoms with E-state index in [2.05, 4.69) is 5.10 Å². The van der Waals surface area contributed by atoms with E-state index in [1.54, 1.807) is 14.0 Å². The Morgan fingerprint density at radius 3 is 2.35 bits per heavy atom. The van der Waals surface area contributed by atoms with Crippen molar-refractivity contribution in [1.82, 2.24) is 9.91 Å². The molecule has 1 aliphatic rings. The van der Waals surface area contributed by atoms with Crippen molar-refractivity contribution in [3.05, 3.63) is 71.8 Å². The molecular weight excluding hydrogens is 394 g/mol. The molecule has 0 aliphatic carbocycles. The zero-order valence-corrected chi connectivity index (χ0v) is 17.9. The Hall–Kier alpha value is -3.48. The van der Waals surface area contributed by atoms with Crippen LogP contribution in [0.5, 0.6) is 0 Å². The summed E-state index contributed by atoms with van der Waals surface area (Å²) >= 11 is 0. The Morgan fingerprint density at radius 2 is 1.68 bits per heavy atom. The standard InChI is InChI=1S/C24H27N3O4/c1-18(24(30)26(2)17-19-9-5-3-6-10-19)31-23(29)14-13-22(28)27-16-15-21(25-27)20-11-7-4-8-12-20/h3-12,18H,13-17H2,1-2H3. The summed E-state index contributed by atoms with van der Waals surface area (Å²) in [6, 6.07) is 19.3. The third-order valence-corrected chi connectivity index (χ3v) is 5.03. The number of rotatable bonds is 8. The molecule has 2 amide bonds. The normalized spacial score (nSPS) is 14.0. The average molecular weight is 421 g/mol. The Morgan fingerprint density at radius 1 is 1.03 bits per heavy atom. The van der Waals surface area contributed by atoms with Crippen LogP contribution < -0.4 is 0 Å². The van der Waals surface area contributed by atoms with E-state index in [-0.39, 0.29) is 24.7 Å². The van der Waals surface area contributed by atoms with Crippen LogP contribution in [-0.2, 0) is 25.7 Å². The van der Waals surface area contributed by atoms with Crippen molar-refractivity contribution in [2.75, 3.05) is 13.6 Å². The molecule has 0 saturated carbocycles. The van der Waals surface area contributed by atoms with Crippen LogP contribution in [0, 0.1) is 0 Å². The highest BCUT2D eigenvalue weighted by Gasteiger charge is 2.24. The number of carbonyl (C=O) groups excluding carboxylic acids is 3. The van der Waals surface area contributed by atoms with E-state index < -0.39 is 12.1 Å². The van der Waals surface area contributed by atoms with Gasteiger partial charge >= 0.3 is 5.97 Å². The average Bonchev–Trinajstić information content (AvgIpc) is 3.28. The number of amides is 2. The summed E-state index contributed by atoms with van der Waals surface area (Å²) in [5.41, 5.74) is 2.84. The molecular formula is C24H27N3O4. The van der Waals surface area contributed by atoms with E-state index >= 15 is 0 Å². The van der Waals surface area contributed by atoms with Crippen LogP contribution in [0.3, 0.4) is 0 Å². The lowest BCUT2D eigenvalue weighted by Crippen LogP contribution is -2.37. The fraction of sp³-hybridized carbons (Fsp3) is 0.333. The molecule has 31 heavy (non-hydrogen) atoms. The minimum Gasteiger partial charge on any atom is -0.453 e. The smallest absolute Gasteiger partial charge is 0.307 e. The van der Waals surface area contributed by atoms with Crippen LogP contribution in [0.25, 0.3) is 0 Å². The molecule has 1 unspecified atom stereocenters. The van der Waals surface area contributed by atoms with E-state index in [4.69, 9.17) is 4.74 Å². The molecule has 0 fully saturated rings. The Bertz CT molecular complexity index is 944. The first-order valence-electron chi connectivity index (χ1n) is 10.4. The van der Waals surface area contributed by atoms with Gasteiger partial charge in [0.15, 0.2) is 6.10 Å². The number of likely N-dealkylation sites (N-methyl/N-ethyl adjacent to an activating group) is 1. The maximum absolute atomic E-state index is 12.5. The fourth-order valence-corrected chi connectivity index (χ4v) is 3.36. The highest BCUT2D eigenvalue weighted by atomic mass is 16.5. The third kappa shape index (κ3) is 6.25. The van der Waals surface area contributed by atoms with Gasteiger partial charge in [0.2, 0.25) is 5.91 Å². The van der Waals surface area contributed by atoms with Crippen LogP contribution in [0.1, 0.15) is 37.3 Å². The summed E-state index contributed by atoms with van der Waals surface area (Å²) in [7, 11) is 1.67. The second-order valence-electron chi connectivity index (χ2n) is 7.49. The highest BCUT2D eigenvalue weighted by Crippen LogP contribution is 2.15. The predicted octanol–water partition coefficient (Wildman–Crippen LogP) is 2.99. The van der Waals surface area contributed by atoms with Gasteiger partial charge in [-0.2, -0.15) is 5.10 Å². The van der Waals surface area contributed by atoms with Gasteiger partial charge in [0.05, 0.1) is 18.7 Å². The summed E-state index contributed by atoms with van der Waals surface area (Å²) in [6.45, 7) is 2.47. The van der Waals surface area contributed by atoms with Crippen LogP contribution in [0.4, 0.5) is 0 Å². The monoisotopic (exact) mass is 421 g/mol. The molecule has 7 heteroatoms. The van der Waals surface area contributed by atoms with Gasteiger partial charge in [-0.15, -0.1) is 0 Å². The summed E-state index contributed by atoms with van der Waals surface area (Å²) < 4.78 is 5.24. The van der Waals surface area contributed by atoms with Gasteiger partial charge in [0.25, 0.3) is 5.91 Å². The van der Waals surface area contributed by atoms with Crippen molar-refractivity contribution in [2.24, 2.45) is 5.10 Å². The largest absolute Gasteiger partial charge is 0.453 e. The molecule has 7 nitrogen and oxygen atoms in total. The summed E-state index contributed by atoms with van der Waals surface area (Å²) in [5, 5.41) is 5.78. The van der Waals surface area contributed by atoms with Crippen LogP contribution in [0.2, 0.25) is 0 Å². The molecule has 1 atom stereocenters. The third-order valence-electron chi connectivity index (χ3n) is 5.03. The Balaban J connectivity index is 1.43. The minimum absolute atomic E-state index is 0.00876. The summed E-state index contributed by atoms with van der Waals surface area (Å²) in [6.07, 6.45) is -0.332. The van der Waals surface area contributed by atoms with Gasteiger partial charge in [0, 0.05) is 26.4 Å². The quantitative estimate of drug-likeness (QED) is 0.614. The van der Waals surface area contributed by atoms with Crippen LogP contribution >= 0.6 is 0 Å². The minimum atomic E-state index is -0.911. The molecule has 1 heterocycles. The first-order chi connectivity index (χ1) is 14.9. The summed E-state index contributed by atoms with van der Waals surface area (Å²) in [5.74, 6) is -1.10. The molecule has 0 spiro atoms. The van der Waals surface area contributed by atoms with Gasteiger partial charge in [-0.3, -0.25) is 14.4 Å². The number of nitrogens with zero attached hydrogens (tertiary/aromatic N) is 3. The molecule has 1 aliphatic heterocycles. The maximum atomic E-state index is 12.5. The molecule has 2 aromatic carbocycles. The number of benzene rings is 2. The lowest BCUT2D eigenvalue weighted by atomic mass is 10.1. The van der Waals surface area contributed by atoms with Gasteiger partial charge in [-0.05, 0) is 18.1 Å². The molecule has 0 saturated heterocycles. The number of hydrogen-bond donors (Lipinski definition) is 0. The van der Waals surface area contributed by atoms with E-state index in [1.165, 1.54) is 9.91 Å². The van der Waals surface area contributed by atoms with Crippen LogP contribution in [-0.4, -0.2) is 53.1 Å². The van der Waals surface area contributed by atoms with E-state index in [0.29, 0.717) is 19.5 Å². The second-order valence-corrected chi connectivity index (χ2v) is 7.49. The first kappa shape index (κ1) is 22.2. The topological polar surface area (TPSA) is 79.3 Å². The number of ether oxygens (including phenoxy) is 1. The Kier molecular flexibility index (Phi) is 7.54. The number of hydrazone groups is 1. The molecule has 162 valence electrons. The van der Waals surface area contributed by atoms with Gasteiger partial charge in [-0.25, -0.2) is 5.01 Å². The van der Waals surface area contributed by atoms with E-state index in [0.717, 1.165) is 16.8 Å². The van der Waals surface area contributed by atoms with Crippen molar-refractivity contribution in [3.8, 4) is 0 Å². The first-order valence-corrected chi connectivity index (χ1v) is 10.4. The van der Waals surface area contributed by atoms with Gasteiger partial charge < -0.3 is 9.64 Å². The van der Waals surface area contributed by atoms with Crippen molar-refractivity contribution in [2.45, 2.75) is 38.8 Å². The van der Waals surface area contributed by atoms with Crippen molar-refractivity contribution < 1.29 is 19.1 Å². The van der Waals surface area contributed by atoms with Crippen molar-refractivity contribution in [3.63, 3.8) is 0 Å². The number of esters is 1. The SMILES string of the molecule is CC(OC(=O)CCC(=O)N1CCC(c2ccccc2)=N1)C(=O)N(C)Cc1ccccc1. The lowest BCUT2D eigenvalue weighted by Gasteiger charge is -2.21. The second kappa shape index (κ2) is 10.5. The van der Waals surface area contributed by atoms with Gasteiger partial charge in [-0.1, -0.05) is 60.7 Å². The molecule has 3 rings (SSSR count). The number of carbonyl (C=O) groups is 3. The van der Waals surface area contributed by atoms with E-state index in [1.807, 2.05) is 60.7 Å². The van der Waals surface area contributed by atoms with Gasteiger partial charge in [0.1, 0.15) is 0 Å². The molecule has 0 aromatic heterocycles. The van der Waals surface area contributed by atoms with Crippen molar-refractivity contribution in [1.29, 1.82) is 0 Å². The predicted molar refractivity (Wildman–Crippen MR) is 117 cm³/mol. The molecule has 0 bridgehead atoms. The summed E-state index contributed by atoms with van der Waals surface area (Å²) in [4.78, 5) is 38.5. The lowest BCUT2D eigenvalue weighted by molar-refractivity contribution is -0.159. The van der Waals surface area contributed by atoms with Crippen molar-refractivity contribution >= 4 is 23.5 Å². The number of hydrogen-bond acceptors (Lipinski definition) is 5. The zero-order chi connectivity index (χ0) is 22.2. The molecule has 0 N–H and O–H groups in total. The fourth-order valence-electron chi connectivity index (χ4n) is 3.36. The highest BCUT2D eigenvalue weighted by molar-refractivity contribution is 6.02. The van der Waals surface area contributed by atoms with Crippen LogP contribution in [0.15, 0.2) is 65.8 Å². The zero-order valence-electron chi connectivity index (χ0n) is 17.9. The molecule has 0 radical (unpaired) electrons. The van der Waals surface area contributed by atoms with E-state index in [9.17, 15) is 14.4 Å². The Labute approximate surface area is 182 Å². The maximum Gasteiger partial charge on any atom is 0.307 e.